The average molecular weight is 231 g/mol. The average Bonchev–Trinajstić information content (AvgIpc) is 2.36. The Hall–Kier alpha value is -0.540. The zero-order chi connectivity index (χ0) is 7.84. The van der Waals surface area contributed by atoms with Crippen LogP contribution in [0.25, 0.3) is 5.52 Å². The fourth-order valence-electron chi connectivity index (χ4n) is 0.914. The maximum atomic E-state index is 5.84. The normalized spacial score (nSPS) is 10.7. The van der Waals surface area contributed by atoms with Gasteiger partial charge in [-0.15, -0.1) is 0 Å². The van der Waals surface area contributed by atoms with Gasteiger partial charge in [0, 0.05) is 16.9 Å². The molecule has 2 aromatic heterocycles. The van der Waals surface area contributed by atoms with Crippen LogP contribution in [-0.2, 0) is 0 Å². The zero-order valence-electron chi connectivity index (χ0n) is 5.46. The van der Waals surface area contributed by atoms with Crippen LogP contribution >= 0.6 is 27.5 Å². The predicted octanol–water partition coefficient (Wildman–Crippen LogP) is 2.75. The van der Waals surface area contributed by atoms with Crippen molar-refractivity contribution in [3.8, 4) is 0 Å². The molecule has 0 fully saturated rings. The molecule has 0 aliphatic rings. The second-order valence-corrected chi connectivity index (χ2v) is 3.43. The number of rotatable bonds is 0. The summed E-state index contributed by atoms with van der Waals surface area (Å²) in [6.45, 7) is 0. The quantitative estimate of drug-likeness (QED) is 0.681. The molecule has 0 aliphatic carbocycles. The van der Waals surface area contributed by atoms with Gasteiger partial charge >= 0.3 is 0 Å². The molecule has 2 aromatic rings. The Morgan fingerprint density at radius 3 is 3.18 bits per heavy atom. The lowest BCUT2D eigenvalue weighted by molar-refractivity contribution is 0.960. The predicted molar refractivity (Wildman–Crippen MR) is 47.9 cm³/mol. The number of aromatic nitrogens is 2. The molecule has 56 valence electrons. The summed E-state index contributed by atoms with van der Waals surface area (Å²) in [6.07, 6.45) is 3.50. The van der Waals surface area contributed by atoms with Crippen molar-refractivity contribution in [2.75, 3.05) is 0 Å². The van der Waals surface area contributed by atoms with E-state index in [0.717, 1.165) is 9.99 Å². The van der Waals surface area contributed by atoms with Crippen LogP contribution in [0.3, 0.4) is 0 Å². The van der Waals surface area contributed by atoms with Crippen molar-refractivity contribution in [3.05, 3.63) is 34.0 Å². The number of hydrogen-bond donors (Lipinski definition) is 0. The van der Waals surface area contributed by atoms with Crippen molar-refractivity contribution in [2.24, 2.45) is 0 Å². The summed E-state index contributed by atoms with van der Waals surface area (Å²) in [5.74, 6) is 0. The van der Waals surface area contributed by atoms with E-state index in [9.17, 15) is 0 Å². The Morgan fingerprint density at radius 1 is 1.55 bits per heavy atom. The van der Waals surface area contributed by atoms with Gasteiger partial charge in [0.05, 0.1) is 10.5 Å². The van der Waals surface area contributed by atoms with E-state index in [0.29, 0.717) is 5.02 Å². The van der Waals surface area contributed by atoms with E-state index in [2.05, 4.69) is 21.0 Å². The summed E-state index contributed by atoms with van der Waals surface area (Å²) in [4.78, 5) is 0. The van der Waals surface area contributed by atoms with E-state index in [1.165, 1.54) is 0 Å². The van der Waals surface area contributed by atoms with Gasteiger partial charge in [0.15, 0.2) is 0 Å². The second-order valence-electron chi connectivity index (χ2n) is 2.17. The molecule has 0 aromatic carbocycles. The van der Waals surface area contributed by atoms with Crippen molar-refractivity contribution >= 4 is 33.0 Å². The van der Waals surface area contributed by atoms with Crippen LogP contribution in [0, 0.1) is 0 Å². The minimum Gasteiger partial charge on any atom is -0.239 e. The van der Waals surface area contributed by atoms with Crippen LogP contribution in [0.5, 0.6) is 0 Å². The Labute approximate surface area is 76.9 Å². The first-order valence-electron chi connectivity index (χ1n) is 3.06. The molecule has 0 atom stereocenters. The summed E-state index contributed by atoms with van der Waals surface area (Å²) in [5.41, 5.74) is 1.03. The summed E-state index contributed by atoms with van der Waals surface area (Å²) in [7, 11) is 0. The molecule has 0 saturated carbocycles. The first kappa shape index (κ1) is 7.13. The van der Waals surface area contributed by atoms with Gasteiger partial charge in [0.1, 0.15) is 0 Å². The van der Waals surface area contributed by atoms with Crippen molar-refractivity contribution in [1.82, 2.24) is 9.61 Å². The number of pyridine rings is 1. The third-order valence-electron chi connectivity index (χ3n) is 1.44. The summed E-state index contributed by atoms with van der Waals surface area (Å²) < 4.78 is 2.62. The van der Waals surface area contributed by atoms with Gasteiger partial charge in [-0.05, 0) is 28.1 Å². The summed E-state index contributed by atoms with van der Waals surface area (Å²) >= 11 is 9.16. The molecular weight excluding hydrogens is 227 g/mol. The van der Waals surface area contributed by atoms with Crippen molar-refractivity contribution < 1.29 is 0 Å². The smallest absolute Gasteiger partial charge is 0.0732 e. The van der Waals surface area contributed by atoms with Gasteiger partial charge in [0.25, 0.3) is 0 Å². The molecule has 2 rings (SSSR count). The molecular formula is C7H4BrClN2. The summed E-state index contributed by atoms with van der Waals surface area (Å²) in [5, 5.41) is 4.70. The standard InChI is InChI=1S/C7H4BrClN2/c8-6-3-5-1-2-10-11(5)4-7(6)9/h1-4H. The van der Waals surface area contributed by atoms with Gasteiger partial charge in [-0.25, -0.2) is 4.52 Å². The van der Waals surface area contributed by atoms with Crippen LogP contribution in [0.2, 0.25) is 5.02 Å². The third kappa shape index (κ3) is 1.14. The lowest BCUT2D eigenvalue weighted by atomic mass is 10.4. The van der Waals surface area contributed by atoms with E-state index in [1.807, 2.05) is 12.1 Å². The number of hydrogen-bond acceptors (Lipinski definition) is 1. The minimum atomic E-state index is 0.668. The molecule has 0 radical (unpaired) electrons. The molecule has 0 aliphatic heterocycles. The van der Waals surface area contributed by atoms with Gasteiger partial charge in [-0.3, -0.25) is 0 Å². The van der Waals surface area contributed by atoms with E-state index in [4.69, 9.17) is 11.6 Å². The molecule has 0 amide bonds. The highest BCUT2D eigenvalue weighted by molar-refractivity contribution is 9.10. The van der Waals surface area contributed by atoms with E-state index in [1.54, 1.807) is 16.9 Å². The number of halogens is 2. The summed E-state index contributed by atoms with van der Waals surface area (Å²) in [6, 6.07) is 3.84. The highest BCUT2D eigenvalue weighted by Gasteiger charge is 1.99. The fraction of sp³-hybridized carbons (Fsp3) is 0. The molecule has 2 nitrogen and oxygen atoms in total. The molecule has 0 N–H and O–H groups in total. The maximum absolute atomic E-state index is 5.84. The van der Waals surface area contributed by atoms with Crippen LogP contribution in [0.1, 0.15) is 0 Å². The largest absolute Gasteiger partial charge is 0.239 e. The molecule has 0 saturated heterocycles. The van der Waals surface area contributed by atoms with E-state index >= 15 is 0 Å². The maximum Gasteiger partial charge on any atom is 0.0732 e. The van der Waals surface area contributed by atoms with Gasteiger partial charge in [0.2, 0.25) is 0 Å². The van der Waals surface area contributed by atoms with Crippen LogP contribution < -0.4 is 0 Å². The minimum absolute atomic E-state index is 0.668. The van der Waals surface area contributed by atoms with Crippen molar-refractivity contribution in [1.29, 1.82) is 0 Å². The lowest BCUT2D eigenvalue weighted by Crippen LogP contribution is -1.85. The lowest BCUT2D eigenvalue weighted by Gasteiger charge is -1.96. The first-order chi connectivity index (χ1) is 5.27. The SMILES string of the molecule is Clc1cn2nccc2cc1Br. The van der Waals surface area contributed by atoms with E-state index < -0.39 is 0 Å². The Kier molecular flexibility index (Phi) is 1.62. The van der Waals surface area contributed by atoms with Crippen LogP contribution in [-0.4, -0.2) is 9.61 Å². The fourth-order valence-corrected chi connectivity index (χ4v) is 1.40. The van der Waals surface area contributed by atoms with E-state index in [-0.39, 0.29) is 0 Å². The molecule has 11 heavy (non-hydrogen) atoms. The first-order valence-corrected chi connectivity index (χ1v) is 4.23. The van der Waals surface area contributed by atoms with Crippen molar-refractivity contribution in [2.45, 2.75) is 0 Å². The topological polar surface area (TPSA) is 17.3 Å². The highest BCUT2D eigenvalue weighted by Crippen LogP contribution is 2.22. The van der Waals surface area contributed by atoms with Gasteiger partial charge in [-0.2, -0.15) is 5.10 Å². The highest BCUT2D eigenvalue weighted by atomic mass is 79.9. The third-order valence-corrected chi connectivity index (χ3v) is 2.62. The monoisotopic (exact) mass is 230 g/mol. The number of nitrogens with zero attached hydrogens (tertiary/aromatic N) is 2. The Bertz CT molecular complexity index is 360. The molecule has 0 bridgehead atoms. The molecule has 4 heteroatoms. The second kappa shape index (κ2) is 2.50. The zero-order valence-corrected chi connectivity index (χ0v) is 7.80. The Morgan fingerprint density at radius 2 is 2.36 bits per heavy atom. The van der Waals surface area contributed by atoms with Crippen LogP contribution in [0.15, 0.2) is 29.0 Å². The number of fused-ring (bicyclic) bond motifs is 1. The van der Waals surface area contributed by atoms with Crippen molar-refractivity contribution in [3.63, 3.8) is 0 Å². The molecule has 0 unspecified atom stereocenters. The van der Waals surface area contributed by atoms with Crippen LogP contribution in [0.4, 0.5) is 0 Å². The molecule has 2 heterocycles. The van der Waals surface area contributed by atoms with Gasteiger partial charge in [-0.1, -0.05) is 11.6 Å². The Balaban J connectivity index is 2.86. The van der Waals surface area contributed by atoms with Gasteiger partial charge < -0.3 is 0 Å². The molecule has 0 spiro atoms.